The minimum absolute atomic E-state index is 0.0158. The Morgan fingerprint density at radius 3 is 2.40 bits per heavy atom. The van der Waals surface area contributed by atoms with Crippen molar-refractivity contribution in [3.63, 3.8) is 0 Å². The van der Waals surface area contributed by atoms with Crippen LogP contribution in [0.25, 0.3) is 0 Å². The molecule has 160 valence electrons. The van der Waals surface area contributed by atoms with Gasteiger partial charge in [0.2, 0.25) is 11.8 Å². The average molecular weight is 425 g/mol. The van der Waals surface area contributed by atoms with Gasteiger partial charge in [0.05, 0.1) is 5.75 Å². The van der Waals surface area contributed by atoms with Gasteiger partial charge < -0.3 is 10.2 Å². The van der Waals surface area contributed by atoms with Gasteiger partial charge in [-0.1, -0.05) is 54.8 Å². The highest BCUT2D eigenvalue weighted by Gasteiger charge is 2.28. The Labute approximate surface area is 184 Å². The number of hydrogen-bond donors (Lipinski definition) is 1. The molecule has 1 saturated carbocycles. The molecule has 0 heterocycles. The summed E-state index contributed by atoms with van der Waals surface area (Å²) in [6, 6.07) is 16.0. The van der Waals surface area contributed by atoms with Crippen LogP contribution in [-0.4, -0.2) is 34.6 Å². The van der Waals surface area contributed by atoms with Crippen molar-refractivity contribution in [2.45, 2.75) is 70.0 Å². The summed E-state index contributed by atoms with van der Waals surface area (Å²) in [5.74, 6) is 0.248. The van der Waals surface area contributed by atoms with E-state index in [1.807, 2.05) is 57.2 Å². The molecule has 1 fully saturated rings. The molecular weight excluding hydrogens is 392 g/mol. The first-order valence-corrected chi connectivity index (χ1v) is 11.8. The number of hydrogen-bond acceptors (Lipinski definition) is 3. The molecule has 0 radical (unpaired) electrons. The summed E-state index contributed by atoms with van der Waals surface area (Å²) in [6.07, 6.45) is 4.40. The first-order valence-electron chi connectivity index (χ1n) is 10.8. The second-order valence-electron chi connectivity index (χ2n) is 8.22. The number of nitrogens with zero attached hydrogens (tertiary/aromatic N) is 1. The summed E-state index contributed by atoms with van der Waals surface area (Å²) in [5, 5.41) is 3.15. The fourth-order valence-electron chi connectivity index (χ4n) is 3.81. The minimum Gasteiger partial charge on any atom is -0.352 e. The highest BCUT2D eigenvalue weighted by molar-refractivity contribution is 8.00. The first-order chi connectivity index (χ1) is 14.4. The van der Waals surface area contributed by atoms with E-state index in [1.54, 1.807) is 4.90 Å². The molecule has 0 bridgehead atoms. The monoisotopic (exact) mass is 424 g/mol. The standard InChI is InChI=1S/C25H32N2O2S/c1-18-12-14-23(15-13-18)30-17-24(28)27(16-21-9-5-4-8-19(21)2)20(3)25(29)26-22-10-6-7-11-22/h4-5,8-9,12-15,20,22H,6-7,10-11,16-17H2,1-3H3,(H,26,29). The Balaban J connectivity index is 1.71. The lowest BCUT2D eigenvalue weighted by Gasteiger charge is -2.30. The van der Waals surface area contributed by atoms with Gasteiger partial charge in [0, 0.05) is 17.5 Å². The van der Waals surface area contributed by atoms with E-state index in [-0.39, 0.29) is 17.9 Å². The largest absolute Gasteiger partial charge is 0.352 e. The van der Waals surface area contributed by atoms with Crippen LogP contribution >= 0.6 is 11.8 Å². The van der Waals surface area contributed by atoms with Gasteiger partial charge in [-0.15, -0.1) is 11.8 Å². The summed E-state index contributed by atoms with van der Waals surface area (Å²) in [7, 11) is 0. The highest BCUT2D eigenvalue weighted by Crippen LogP contribution is 2.22. The summed E-state index contributed by atoms with van der Waals surface area (Å²) >= 11 is 1.52. The SMILES string of the molecule is Cc1ccc(SCC(=O)N(Cc2ccccc2C)C(C)C(=O)NC2CCCC2)cc1. The van der Waals surface area contributed by atoms with E-state index in [0.717, 1.165) is 28.9 Å². The second-order valence-corrected chi connectivity index (χ2v) is 9.26. The second kappa shape index (κ2) is 10.7. The van der Waals surface area contributed by atoms with Crippen molar-refractivity contribution in [1.29, 1.82) is 0 Å². The molecule has 0 aliphatic heterocycles. The molecule has 3 rings (SSSR count). The molecule has 1 aliphatic rings. The van der Waals surface area contributed by atoms with E-state index in [2.05, 4.69) is 17.4 Å². The molecule has 1 unspecified atom stereocenters. The third kappa shape index (κ3) is 6.11. The highest BCUT2D eigenvalue weighted by atomic mass is 32.2. The van der Waals surface area contributed by atoms with E-state index in [1.165, 1.54) is 30.2 Å². The Hall–Kier alpha value is -2.27. The molecule has 5 heteroatoms. The Morgan fingerprint density at radius 2 is 1.73 bits per heavy atom. The Morgan fingerprint density at radius 1 is 1.07 bits per heavy atom. The predicted octanol–water partition coefficient (Wildman–Crippen LogP) is 4.87. The predicted molar refractivity (Wildman–Crippen MR) is 123 cm³/mol. The van der Waals surface area contributed by atoms with Crippen molar-refractivity contribution >= 4 is 23.6 Å². The molecule has 1 atom stereocenters. The van der Waals surface area contributed by atoms with Crippen LogP contribution < -0.4 is 5.32 Å². The zero-order valence-corrected chi connectivity index (χ0v) is 19.0. The smallest absolute Gasteiger partial charge is 0.242 e. The molecule has 30 heavy (non-hydrogen) atoms. The average Bonchev–Trinajstić information content (AvgIpc) is 3.25. The molecule has 1 N–H and O–H groups in total. The first kappa shape index (κ1) is 22.4. The van der Waals surface area contributed by atoms with Crippen molar-refractivity contribution in [2.75, 3.05) is 5.75 Å². The van der Waals surface area contributed by atoms with Crippen LogP contribution in [0.1, 0.15) is 49.3 Å². The number of carbonyl (C=O) groups is 2. The lowest BCUT2D eigenvalue weighted by molar-refractivity contribution is -0.139. The van der Waals surface area contributed by atoms with Crippen LogP contribution in [0.3, 0.4) is 0 Å². The lowest BCUT2D eigenvalue weighted by Crippen LogP contribution is -2.50. The topological polar surface area (TPSA) is 49.4 Å². The zero-order valence-electron chi connectivity index (χ0n) is 18.2. The van der Waals surface area contributed by atoms with Crippen LogP contribution in [0, 0.1) is 13.8 Å². The normalized spacial score (nSPS) is 15.0. The van der Waals surface area contributed by atoms with Crippen molar-refractivity contribution in [2.24, 2.45) is 0 Å². The van der Waals surface area contributed by atoms with Gasteiger partial charge in [0.15, 0.2) is 0 Å². The zero-order chi connectivity index (χ0) is 21.5. The number of benzene rings is 2. The van der Waals surface area contributed by atoms with Gasteiger partial charge in [-0.3, -0.25) is 9.59 Å². The number of rotatable bonds is 8. The van der Waals surface area contributed by atoms with E-state index in [9.17, 15) is 9.59 Å². The van der Waals surface area contributed by atoms with Gasteiger partial charge in [0.1, 0.15) is 6.04 Å². The van der Waals surface area contributed by atoms with Crippen molar-refractivity contribution in [3.05, 3.63) is 65.2 Å². The maximum absolute atomic E-state index is 13.2. The summed E-state index contributed by atoms with van der Waals surface area (Å²) < 4.78 is 0. The fourth-order valence-corrected chi connectivity index (χ4v) is 4.59. The van der Waals surface area contributed by atoms with Gasteiger partial charge in [-0.05, 0) is 56.9 Å². The Bertz CT molecular complexity index is 860. The minimum atomic E-state index is -0.503. The molecule has 0 spiro atoms. The van der Waals surface area contributed by atoms with Crippen molar-refractivity contribution in [1.82, 2.24) is 10.2 Å². The quantitative estimate of drug-likeness (QED) is 0.615. The van der Waals surface area contributed by atoms with E-state index in [0.29, 0.717) is 12.3 Å². The molecule has 0 saturated heterocycles. The third-order valence-electron chi connectivity index (χ3n) is 5.85. The maximum Gasteiger partial charge on any atom is 0.242 e. The van der Waals surface area contributed by atoms with E-state index in [4.69, 9.17) is 0 Å². The number of carbonyl (C=O) groups excluding carboxylic acids is 2. The Kier molecular flexibility index (Phi) is 7.97. The number of nitrogens with one attached hydrogen (secondary N) is 1. The van der Waals surface area contributed by atoms with Gasteiger partial charge in [-0.2, -0.15) is 0 Å². The molecular formula is C25H32N2O2S. The molecule has 1 aliphatic carbocycles. The number of thioether (sulfide) groups is 1. The molecule has 2 amide bonds. The van der Waals surface area contributed by atoms with Crippen LogP contribution in [-0.2, 0) is 16.1 Å². The number of aryl methyl sites for hydroxylation is 2. The van der Waals surface area contributed by atoms with Gasteiger partial charge in [0.25, 0.3) is 0 Å². The van der Waals surface area contributed by atoms with Crippen LogP contribution in [0.15, 0.2) is 53.4 Å². The van der Waals surface area contributed by atoms with E-state index >= 15 is 0 Å². The maximum atomic E-state index is 13.2. The molecule has 4 nitrogen and oxygen atoms in total. The molecule has 2 aromatic rings. The number of amides is 2. The van der Waals surface area contributed by atoms with Crippen molar-refractivity contribution in [3.8, 4) is 0 Å². The van der Waals surface area contributed by atoms with Crippen LogP contribution in [0.5, 0.6) is 0 Å². The fraction of sp³-hybridized carbons (Fsp3) is 0.440. The van der Waals surface area contributed by atoms with Gasteiger partial charge in [-0.25, -0.2) is 0 Å². The van der Waals surface area contributed by atoms with Gasteiger partial charge >= 0.3 is 0 Å². The summed E-state index contributed by atoms with van der Waals surface area (Å²) in [5.41, 5.74) is 3.40. The molecule has 2 aromatic carbocycles. The van der Waals surface area contributed by atoms with Crippen LogP contribution in [0.4, 0.5) is 0 Å². The summed E-state index contributed by atoms with van der Waals surface area (Å²) in [4.78, 5) is 28.9. The third-order valence-corrected chi connectivity index (χ3v) is 6.85. The van der Waals surface area contributed by atoms with E-state index < -0.39 is 6.04 Å². The summed E-state index contributed by atoms with van der Waals surface area (Å²) in [6.45, 7) is 6.38. The molecule has 0 aromatic heterocycles. The van der Waals surface area contributed by atoms with Crippen molar-refractivity contribution < 1.29 is 9.59 Å². The van der Waals surface area contributed by atoms with Crippen LogP contribution in [0.2, 0.25) is 0 Å². The lowest BCUT2D eigenvalue weighted by atomic mass is 10.1.